The van der Waals surface area contributed by atoms with Crippen LogP contribution in [0.1, 0.15) is 49.4 Å². The smallest absolute Gasteiger partial charge is 0.310 e. The molecule has 3 saturated heterocycles. The number of amides is 4. The summed E-state index contributed by atoms with van der Waals surface area (Å²) >= 11 is 0. The summed E-state index contributed by atoms with van der Waals surface area (Å²) in [6.45, 7) is 2.29. The van der Waals surface area contributed by atoms with Gasteiger partial charge in [0.25, 0.3) is 11.8 Å². The lowest BCUT2D eigenvalue weighted by Crippen LogP contribution is -2.64. The number of hydrogen-bond donors (Lipinski definition) is 3. The summed E-state index contributed by atoms with van der Waals surface area (Å²) in [7, 11) is 0. The van der Waals surface area contributed by atoms with Crippen molar-refractivity contribution in [3.8, 4) is 5.75 Å². The molecule has 1 aromatic rings. The number of carbonyl (C=O) groups excluding carboxylic acids is 5. The van der Waals surface area contributed by atoms with Crippen LogP contribution in [0.3, 0.4) is 0 Å². The third-order valence-corrected chi connectivity index (χ3v) is 6.22. The summed E-state index contributed by atoms with van der Waals surface area (Å²) < 4.78 is 10.5. The maximum atomic E-state index is 13.5. The monoisotopic (exact) mass is 488 g/mol. The van der Waals surface area contributed by atoms with Gasteiger partial charge in [0, 0.05) is 25.1 Å². The molecule has 4 unspecified atom stereocenters. The van der Waals surface area contributed by atoms with Gasteiger partial charge in [0.15, 0.2) is 0 Å². The van der Waals surface area contributed by atoms with Crippen molar-refractivity contribution < 1.29 is 38.6 Å². The molecule has 3 fully saturated rings. The summed E-state index contributed by atoms with van der Waals surface area (Å²) in [6.07, 6.45) is -0.0665. The quantitative estimate of drug-likeness (QED) is 0.466. The number of hydrogen-bond acceptors (Lipinski definition) is 8. The number of cyclic esters (lactones) is 1. The number of hydrazine groups is 1. The fourth-order valence-corrected chi connectivity index (χ4v) is 4.51. The van der Waals surface area contributed by atoms with Crippen LogP contribution in [0.4, 0.5) is 0 Å². The number of fused-ring (bicyclic) bond motifs is 1. The molecule has 0 radical (unpaired) electrons. The molecule has 1 aromatic carbocycles. The number of nitrogens with zero attached hydrogens (tertiary/aromatic N) is 2. The van der Waals surface area contributed by atoms with Crippen LogP contribution in [0.5, 0.6) is 5.75 Å². The highest BCUT2D eigenvalue weighted by molar-refractivity contribution is 5.99. The lowest BCUT2D eigenvalue weighted by molar-refractivity contribution is -0.177. The van der Waals surface area contributed by atoms with Gasteiger partial charge >= 0.3 is 5.97 Å². The van der Waals surface area contributed by atoms with E-state index in [1.807, 2.05) is 0 Å². The van der Waals surface area contributed by atoms with Gasteiger partial charge in [0.2, 0.25) is 18.1 Å². The Hall–Kier alpha value is -3.67. The van der Waals surface area contributed by atoms with Crippen molar-refractivity contribution in [3.63, 3.8) is 0 Å². The summed E-state index contributed by atoms with van der Waals surface area (Å²) in [5, 5.41) is 17.2. The van der Waals surface area contributed by atoms with Crippen molar-refractivity contribution in [1.82, 2.24) is 20.7 Å². The zero-order valence-electron chi connectivity index (χ0n) is 19.3. The highest BCUT2D eigenvalue weighted by Gasteiger charge is 2.46. The minimum atomic E-state index is -1.02. The van der Waals surface area contributed by atoms with Crippen molar-refractivity contribution in [2.24, 2.45) is 0 Å². The Morgan fingerprint density at radius 3 is 2.60 bits per heavy atom. The van der Waals surface area contributed by atoms with E-state index in [2.05, 4.69) is 10.6 Å². The van der Waals surface area contributed by atoms with Gasteiger partial charge in [0.05, 0.1) is 6.42 Å². The number of rotatable bonds is 6. The van der Waals surface area contributed by atoms with Crippen LogP contribution in [0.25, 0.3) is 0 Å². The van der Waals surface area contributed by atoms with Gasteiger partial charge in [-0.2, -0.15) is 0 Å². The van der Waals surface area contributed by atoms with Crippen molar-refractivity contribution in [1.29, 1.82) is 0 Å². The largest absolute Gasteiger partial charge is 0.508 e. The van der Waals surface area contributed by atoms with Gasteiger partial charge < -0.3 is 25.2 Å². The number of phenolic OH excluding ortho intramolecular Hbond substituents is 1. The van der Waals surface area contributed by atoms with E-state index < -0.39 is 48.1 Å². The molecule has 0 bridgehead atoms. The Morgan fingerprint density at radius 2 is 1.89 bits per heavy atom. The Morgan fingerprint density at radius 1 is 1.14 bits per heavy atom. The fraction of sp³-hybridized carbons (Fsp3) is 0.522. The normalized spacial score (nSPS) is 26.6. The van der Waals surface area contributed by atoms with E-state index in [1.54, 1.807) is 6.92 Å². The second-order valence-electron chi connectivity index (χ2n) is 8.60. The minimum Gasteiger partial charge on any atom is -0.508 e. The van der Waals surface area contributed by atoms with Crippen LogP contribution in [0.2, 0.25) is 0 Å². The van der Waals surface area contributed by atoms with Crippen molar-refractivity contribution >= 4 is 29.6 Å². The molecular weight excluding hydrogens is 460 g/mol. The number of ether oxygens (including phenoxy) is 2. The molecule has 0 aromatic heterocycles. The molecule has 0 aliphatic carbocycles. The van der Waals surface area contributed by atoms with Gasteiger partial charge in [-0.15, -0.1) is 0 Å². The van der Waals surface area contributed by atoms with E-state index >= 15 is 0 Å². The molecule has 12 heteroatoms. The molecule has 0 spiro atoms. The first-order valence-corrected chi connectivity index (χ1v) is 11.6. The van der Waals surface area contributed by atoms with Crippen LogP contribution in [-0.4, -0.2) is 82.3 Å². The first-order valence-electron chi connectivity index (χ1n) is 11.6. The Balaban J connectivity index is 1.51. The Labute approximate surface area is 201 Å². The molecule has 4 rings (SSSR count). The van der Waals surface area contributed by atoms with Gasteiger partial charge in [-0.3, -0.25) is 29.0 Å². The number of esters is 1. The molecule has 3 heterocycles. The molecule has 4 amide bonds. The second kappa shape index (κ2) is 10.3. The second-order valence-corrected chi connectivity index (χ2v) is 8.60. The van der Waals surface area contributed by atoms with E-state index in [0.717, 1.165) is 5.01 Å². The predicted molar refractivity (Wildman–Crippen MR) is 118 cm³/mol. The van der Waals surface area contributed by atoms with Gasteiger partial charge in [-0.05, 0) is 50.5 Å². The molecule has 3 aliphatic rings. The molecule has 35 heavy (non-hydrogen) atoms. The number of carbonyl (C=O) groups is 5. The van der Waals surface area contributed by atoms with Crippen molar-refractivity contribution in [2.45, 2.75) is 63.4 Å². The molecule has 3 aliphatic heterocycles. The first kappa shape index (κ1) is 24.5. The summed E-state index contributed by atoms with van der Waals surface area (Å²) in [5.41, 5.74) is 0.240. The maximum Gasteiger partial charge on any atom is 0.310 e. The van der Waals surface area contributed by atoms with E-state index in [1.165, 1.54) is 29.3 Å². The molecule has 188 valence electrons. The Kier molecular flexibility index (Phi) is 7.20. The number of phenols is 1. The topological polar surface area (TPSA) is 155 Å². The minimum absolute atomic E-state index is 0.00330. The molecular formula is C23H28N4O8. The number of aromatic hydroxyl groups is 1. The standard InChI is InChI=1S/C23H28N4O8/c1-2-34-23-16(12-19(30)35-23)25-21(32)17-4-3-11-26-18(29)10-9-15(22(33)27(17)26)24-20(31)13-5-7-14(28)8-6-13/h5-8,15-17,23,28H,2-4,9-12H2,1H3,(H,24,31)(H,25,32). The summed E-state index contributed by atoms with van der Waals surface area (Å²) in [6, 6.07) is 2.81. The first-order chi connectivity index (χ1) is 16.8. The lowest BCUT2D eigenvalue weighted by atomic mass is 10.0. The zero-order valence-corrected chi connectivity index (χ0v) is 19.3. The van der Waals surface area contributed by atoms with Crippen LogP contribution >= 0.6 is 0 Å². The Bertz CT molecular complexity index is 1010. The average Bonchev–Trinajstić information content (AvgIpc) is 3.13. The van der Waals surface area contributed by atoms with Crippen LogP contribution < -0.4 is 10.6 Å². The SMILES string of the molecule is CCOC1OC(=O)CC1NC(=O)C1CCCN2C(=O)CCC(NC(=O)c3ccc(O)cc3)C(=O)N12. The molecule has 4 atom stereocenters. The fourth-order valence-electron chi connectivity index (χ4n) is 4.51. The van der Waals surface area contributed by atoms with Crippen molar-refractivity contribution in [2.75, 3.05) is 13.2 Å². The van der Waals surface area contributed by atoms with Gasteiger partial charge in [-0.25, -0.2) is 5.01 Å². The van der Waals surface area contributed by atoms with Gasteiger partial charge in [0.1, 0.15) is 23.9 Å². The van der Waals surface area contributed by atoms with Gasteiger partial charge in [-0.1, -0.05) is 0 Å². The van der Waals surface area contributed by atoms with Crippen LogP contribution in [0, 0.1) is 0 Å². The highest BCUT2D eigenvalue weighted by atomic mass is 16.7. The van der Waals surface area contributed by atoms with E-state index in [9.17, 15) is 29.1 Å². The highest BCUT2D eigenvalue weighted by Crippen LogP contribution is 2.26. The van der Waals surface area contributed by atoms with Crippen LogP contribution in [-0.2, 0) is 28.7 Å². The van der Waals surface area contributed by atoms with E-state index in [0.29, 0.717) is 12.8 Å². The lowest BCUT2D eigenvalue weighted by Gasteiger charge is -2.43. The van der Waals surface area contributed by atoms with Crippen LogP contribution in [0.15, 0.2) is 24.3 Å². The van der Waals surface area contributed by atoms with E-state index in [-0.39, 0.29) is 49.6 Å². The third kappa shape index (κ3) is 5.21. The maximum absolute atomic E-state index is 13.5. The van der Waals surface area contributed by atoms with Crippen molar-refractivity contribution in [3.05, 3.63) is 29.8 Å². The predicted octanol–water partition coefficient (Wildman–Crippen LogP) is -0.187. The summed E-state index contributed by atoms with van der Waals surface area (Å²) in [5.74, 6) is -2.46. The average molecular weight is 488 g/mol. The number of nitrogens with one attached hydrogen (secondary N) is 2. The summed E-state index contributed by atoms with van der Waals surface area (Å²) in [4.78, 5) is 64.0. The van der Waals surface area contributed by atoms with E-state index in [4.69, 9.17) is 9.47 Å². The zero-order chi connectivity index (χ0) is 25.1. The molecule has 3 N–H and O–H groups in total. The molecule has 12 nitrogen and oxygen atoms in total. The third-order valence-electron chi connectivity index (χ3n) is 6.22. The number of benzene rings is 1. The molecule has 0 saturated carbocycles.